The van der Waals surface area contributed by atoms with Crippen LogP contribution in [-0.2, 0) is 4.79 Å². The quantitative estimate of drug-likeness (QED) is 0.666. The lowest BCUT2D eigenvalue weighted by molar-refractivity contribution is -0.120. The highest BCUT2D eigenvalue weighted by Gasteiger charge is 2.27. The Kier molecular flexibility index (Phi) is 6.09. The molecule has 0 saturated carbocycles. The number of rotatable bonds is 5. The standard InChI is InChI=1S/C22H22ClN5O2/c1-30-20-8-6-17(23)12-19(20)25-22(29)16-5-3-11-28(14-16)21-9-7-18(26-27-21)15-4-2-10-24-13-15/h2,4,6-10,12-13,16H,3,5,11,14H2,1H3,(H,25,29). The number of hydrogen-bond acceptors (Lipinski definition) is 6. The minimum atomic E-state index is -0.165. The number of halogens is 1. The van der Waals surface area contributed by atoms with Gasteiger partial charge in [-0.05, 0) is 55.3 Å². The average Bonchev–Trinajstić information content (AvgIpc) is 2.80. The number of ether oxygens (including phenoxy) is 1. The van der Waals surface area contributed by atoms with Crippen molar-refractivity contribution in [1.29, 1.82) is 0 Å². The maximum atomic E-state index is 12.9. The number of anilines is 2. The molecule has 1 saturated heterocycles. The van der Waals surface area contributed by atoms with Crippen LogP contribution in [0.4, 0.5) is 11.5 Å². The molecule has 1 aliphatic rings. The molecule has 4 rings (SSSR count). The first-order valence-corrected chi connectivity index (χ1v) is 10.2. The Balaban J connectivity index is 1.44. The van der Waals surface area contributed by atoms with Gasteiger partial charge < -0.3 is 15.0 Å². The van der Waals surface area contributed by atoms with E-state index in [1.165, 1.54) is 0 Å². The maximum Gasteiger partial charge on any atom is 0.229 e. The molecule has 1 aromatic carbocycles. The molecule has 0 aliphatic carbocycles. The van der Waals surface area contributed by atoms with Gasteiger partial charge in [-0.2, -0.15) is 0 Å². The van der Waals surface area contributed by atoms with Crippen LogP contribution in [0, 0.1) is 5.92 Å². The van der Waals surface area contributed by atoms with Gasteiger partial charge in [-0.3, -0.25) is 9.78 Å². The Hall–Kier alpha value is -3.19. The molecule has 0 spiro atoms. The molecule has 1 unspecified atom stereocenters. The first-order valence-electron chi connectivity index (χ1n) is 9.77. The van der Waals surface area contributed by atoms with Crippen LogP contribution in [0.1, 0.15) is 12.8 Å². The first-order chi connectivity index (χ1) is 14.6. The third-order valence-electron chi connectivity index (χ3n) is 5.14. The molecule has 2 aromatic heterocycles. The number of pyridine rings is 1. The van der Waals surface area contributed by atoms with Crippen molar-refractivity contribution < 1.29 is 9.53 Å². The molecule has 1 N–H and O–H groups in total. The van der Waals surface area contributed by atoms with Crippen molar-refractivity contribution in [3.05, 3.63) is 59.9 Å². The molecule has 1 amide bonds. The predicted molar refractivity (Wildman–Crippen MR) is 117 cm³/mol. The monoisotopic (exact) mass is 423 g/mol. The number of nitrogens with zero attached hydrogens (tertiary/aromatic N) is 4. The van der Waals surface area contributed by atoms with E-state index in [2.05, 4.69) is 25.4 Å². The van der Waals surface area contributed by atoms with Gasteiger partial charge in [-0.25, -0.2) is 0 Å². The smallest absolute Gasteiger partial charge is 0.229 e. The summed E-state index contributed by atoms with van der Waals surface area (Å²) >= 11 is 6.07. The van der Waals surface area contributed by atoms with Gasteiger partial charge in [0.15, 0.2) is 5.82 Å². The highest BCUT2D eigenvalue weighted by Crippen LogP contribution is 2.29. The van der Waals surface area contributed by atoms with Gasteiger partial charge in [0.1, 0.15) is 5.75 Å². The van der Waals surface area contributed by atoms with E-state index in [1.54, 1.807) is 37.7 Å². The van der Waals surface area contributed by atoms with Crippen LogP contribution in [0.3, 0.4) is 0 Å². The largest absolute Gasteiger partial charge is 0.495 e. The van der Waals surface area contributed by atoms with Crippen LogP contribution in [-0.4, -0.2) is 41.3 Å². The molecule has 30 heavy (non-hydrogen) atoms. The highest BCUT2D eigenvalue weighted by molar-refractivity contribution is 6.31. The van der Waals surface area contributed by atoms with Gasteiger partial charge in [0.25, 0.3) is 0 Å². The topological polar surface area (TPSA) is 80.2 Å². The summed E-state index contributed by atoms with van der Waals surface area (Å²) in [6.45, 7) is 1.42. The van der Waals surface area contributed by atoms with E-state index < -0.39 is 0 Å². The molecular formula is C22H22ClN5O2. The van der Waals surface area contributed by atoms with Crippen LogP contribution < -0.4 is 15.0 Å². The normalized spacial score (nSPS) is 16.2. The van der Waals surface area contributed by atoms with E-state index in [1.807, 2.05) is 24.3 Å². The third kappa shape index (κ3) is 4.52. The Bertz CT molecular complexity index is 1010. The number of nitrogens with one attached hydrogen (secondary N) is 1. The number of carbonyl (C=O) groups is 1. The summed E-state index contributed by atoms with van der Waals surface area (Å²) in [5.74, 6) is 1.13. The van der Waals surface area contributed by atoms with E-state index in [0.29, 0.717) is 23.0 Å². The van der Waals surface area contributed by atoms with E-state index in [0.717, 1.165) is 36.5 Å². The van der Waals surface area contributed by atoms with Crippen molar-refractivity contribution in [3.63, 3.8) is 0 Å². The van der Waals surface area contributed by atoms with E-state index in [-0.39, 0.29) is 11.8 Å². The van der Waals surface area contributed by atoms with Gasteiger partial charge >= 0.3 is 0 Å². The van der Waals surface area contributed by atoms with Gasteiger partial charge in [-0.15, -0.1) is 10.2 Å². The van der Waals surface area contributed by atoms with Crippen molar-refractivity contribution in [1.82, 2.24) is 15.2 Å². The van der Waals surface area contributed by atoms with Crippen molar-refractivity contribution in [2.24, 2.45) is 5.92 Å². The van der Waals surface area contributed by atoms with Crippen molar-refractivity contribution in [3.8, 4) is 17.0 Å². The fourth-order valence-corrected chi connectivity index (χ4v) is 3.75. The van der Waals surface area contributed by atoms with Crippen molar-refractivity contribution in [2.45, 2.75) is 12.8 Å². The molecule has 0 bridgehead atoms. The van der Waals surface area contributed by atoms with Crippen LogP contribution >= 0.6 is 11.6 Å². The number of benzene rings is 1. The molecular weight excluding hydrogens is 402 g/mol. The van der Waals surface area contributed by atoms with Gasteiger partial charge in [0, 0.05) is 36.1 Å². The Labute approximate surface area is 180 Å². The molecule has 1 atom stereocenters. The zero-order valence-electron chi connectivity index (χ0n) is 16.6. The molecule has 7 nitrogen and oxygen atoms in total. The predicted octanol–water partition coefficient (Wildman–Crippen LogP) is 4.06. The van der Waals surface area contributed by atoms with Crippen molar-refractivity contribution >= 4 is 29.0 Å². The fourth-order valence-electron chi connectivity index (χ4n) is 3.57. The minimum absolute atomic E-state index is 0.0554. The molecule has 1 aliphatic heterocycles. The van der Waals surface area contributed by atoms with Gasteiger partial charge in [0.2, 0.25) is 5.91 Å². The number of aromatic nitrogens is 3. The zero-order valence-corrected chi connectivity index (χ0v) is 17.3. The molecule has 1 fully saturated rings. The number of piperidine rings is 1. The first kappa shape index (κ1) is 20.1. The van der Waals surface area contributed by atoms with Crippen LogP contribution in [0.25, 0.3) is 11.3 Å². The number of amides is 1. The second-order valence-corrected chi connectivity index (χ2v) is 7.57. The lowest BCUT2D eigenvalue weighted by Gasteiger charge is -2.32. The summed E-state index contributed by atoms with van der Waals surface area (Å²) in [6.07, 6.45) is 5.20. The van der Waals surface area contributed by atoms with E-state index in [9.17, 15) is 4.79 Å². The Morgan fingerprint density at radius 2 is 2.13 bits per heavy atom. The summed E-state index contributed by atoms with van der Waals surface area (Å²) in [7, 11) is 1.56. The average molecular weight is 424 g/mol. The third-order valence-corrected chi connectivity index (χ3v) is 5.38. The number of carbonyl (C=O) groups excluding carboxylic acids is 1. The SMILES string of the molecule is COc1ccc(Cl)cc1NC(=O)C1CCCN(c2ccc(-c3cccnc3)nn2)C1. The molecule has 3 heterocycles. The summed E-state index contributed by atoms with van der Waals surface area (Å²) in [5, 5.41) is 12.2. The zero-order chi connectivity index (χ0) is 20.9. The Morgan fingerprint density at radius 1 is 1.23 bits per heavy atom. The second kappa shape index (κ2) is 9.09. The lowest BCUT2D eigenvalue weighted by atomic mass is 9.97. The second-order valence-electron chi connectivity index (χ2n) is 7.14. The maximum absolute atomic E-state index is 12.9. The van der Waals surface area contributed by atoms with Crippen molar-refractivity contribution in [2.75, 3.05) is 30.4 Å². The summed E-state index contributed by atoms with van der Waals surface area (Å²) in [4.78, 5) is 19.1. The number of methoxy groups -OCH3 is 1. The summed E-state index contributed by atoms with van der Waals surface area (Å²) < 4.78 is 5.32. The van der Waals surface area contributed by atoms with E-state index in [4.69, 9.17) is 16.3 Å². The number of hydrogen-bond donors (Lipinski definition) is 1. The minimum Gasteiger partial charge on any atom is -0.495 e. The van der Waals surface area contributed by atoms with Crippen LogP contribution in [0.5, 0.6) is 5.75 Å². The molecule has 0 radical (unpaired) electrons. The van der Waals surface area contributed by atoms with Crippen LogP contribution in [0.15, 0.2) is 54.9 Å². The van der Waals surface area contributed by atoms with Gasteiger partial charge in [-0.1, -0.05) is 11.6 Å². The highest BCUT2D eigenvalue weighted by atomic mass is 35.5. The van der Waals surface area contributed by atoms with Gasteiger partial charge in [0.05, 0.1) is 24.4 Å². The lowest BCUT2D eigenvalue weighted by Crippen LogP contribution is -2.41. The molecule has 8 heteroatoms. The summed E-state index contributed by atoms with van der Waals surface area (Å²) in [6, 6.07) is 12.9. The summed E-state index contributed by atoms with van der Waals surface area (Å²) in [5.41, 5.74) is 2.27. The van der Waals surface area contributed by atoms with E-state index >= 15 is 0 Å². The molecule has 154 valence electrons. The Morgan fingerprint density at radius 3 is 2.87 bits per heavy atom. The molecule has 3 aromatic rings. The van der Waals surface area contributed by atoms with Crippen LogP contribution in [0.2, 0.25) is 5.02 Å². The fraction of sp³-hybridized carbons (Fsp3) is 0.273.